The number of oxazole rings is 1. The van der Waals surface area contributed by atoms with E-state index < -0.39 is 5.97 Å². The molecular formula is C38H36N4O4. The molecular weight excluding hydrogens is 576 g/mol. The molecule has 0 saturated heterocycles. The van der Waals surface area contributed by atoms with Gasteiger partial charge in [-0.1, -0.05) is 44.9 Å². The molecule has 0 radical (unpaired) electrons. The standard InChI is InChI=1S/C38H36N4O4/c1-3-5-19-41(20-6-4-2)26-17-18-30-28(22-26)33-32-27-10-7-8-11-29(27)42(21-9-12-31(43)44)35(32)34-37(36(33)45-30)46-38(40-34)25-15-13-24(23-39)14-16-25/h7-8,10-11,13-18,22H,3-6,9,12,19-21H2,1-2H3,(H,43,44). The van der Waals surface area contributed by atoms with Gasteiger partial charge in [0, 0.05) is 64.4 Å². The van der Waals surface area contributed by atoms with E-state index in [2.05, 4.69) is 59.7 Å². The Morgan fingerprint density at radius 3 is 2.39 bits per heavy atom. The number of rotatable bonds is 12. The smallest absolute Gasteiger partial charge is 0.303 e. The third-order valence-electron chi connectivity index (χ3n) is 8.91. The molecule has 3 heterocycles. The van der Waals surface area contributed by atoms with Crippen LogP contribution in [0.1, 0.15) is 57.9 Å². The Morgan fingerprint density at radius 1 is 0.913 bits per heavy atom. The Kier molecular flexibility index (Phi) is 7.83. The number of aromatic nitrogens is 2. The topological polar surface area (TPSA) is 108 Å². The molecule has 0 aliphatic carbocycles. The molecule has 4 aromatic carbocycles. The fourth-order valence-electron chi connectivity index (χ4n) is 6.63. The predicted molar refractivity (Wildman–Crippen MR) is 183 cm³/mol. The predicted octanol–water partition coefficient (Wildman–Crippen LogP) is 9.65. The molecule has 7 aromatic rings. The number of furan rings is 1. The first kappa shape index (κ1) is 29.4. The summed E-state index contributed by atoms with van der Waals surface area (Å²) in [5.74, 6) is -0.385. The summed E-state index contributed by atoms with van der Waals surface area (Å²) in [7, 11) is 0. The van der Waals surface area contributed by atoms with Crippen molar-refractivity contribution < 1.29 is 18.7 Å². The van der Waals surface area contributed by atoms with E-state index in [-0.39, 0.29) is 6.42 Å². The monoisotopic (exact) mass is 612 g/mol. The second kappa shape index (κ2) is 12.2. The molecule has 0 unspecified atom stereocenters. The summed E-state index contributed by atoms with van der Waals surface area (Å²) in [6, 6.07) is 24.1. The second-order valence-corrected chi connectivity index (χ2v) is 12.0. The number of hydrogen-bond donors (Lipinski definition) is 1. The maximum Gasteiger partial charge on any atom is 0.303 e. The molecule has 0 atom stereocenters. The minimum absolute atomic E-state index is 0.0675. The molecule has 0 aliphatic heterocycles. The van der Waals surface area contributed by atoms with Gasteiger partial charge in [0.2, 0.25) is 11.5 Å². The van der Waals surface area contributed by atoms with Crippen LogP contribution >= 0.6 is 0 Å². The average molecular weight is 613 g/mol. The van der Waals surface area contributed by atoms with Gasteiger partial charge >= 0.3 is 5.97 Å². The minimum atomic E-state index is -0.818. The number of nitriles is 1. The number of carboxylic acids is 1. The van der Waals surface area contributed by atoms with Crippen molar-refractivity contribution in [3.8, 4) is 17.5 Å². The summed E-state index contributed by atoms with van der Waals surface area (Å²) in [6.45, 7) is 6.96. The van der Waals surface area contributed by atoms with Crippen LogP contribution in [0.3, 0.4) is 0 Å². The third kappa shape index (κ3) is 5.02. The number of aliphatic carboxylic acids is 1. The first-order valence-corrected chi connectivity index (χ1v) is 16.2. The van der Waals surface area contributed by atoms with Gasteiger partial charge in [0.05, 0.1) is 17.1 Å². The SMILES string of the molecule is CCCCN(CCCC)c1ccc2oc3c4oc(-c5ccc(C#N)cc5)nc4c4c(c5ccccc5n4CCCC(=O)O)c3c2c1. The van der Waals surface area contributed by atoms with Gasteiger partial charge < -0.3 is 23.4 Å². The molecule has 0 amide bonds. The van der Waals surface area contributed by atoms with Gasteiger partial charge in [0.25, 0.3) is 0 Å². The molecule has 0 saturated carbocycles. The summed E-state index contributed by atoms with van der Waals surface area (Å²) >= 11 is 0. The third-order valence-corrected chi connectivity index (χ3v) is 8.91. The van der Waals surface area contributed by atoms with E-state index in [1.54, 1.807) is 12.1 Å². The molecule has 1 N–H and O–H groups in total. The molecule has 232 valence electrons. The highest BCUT2D eigenvalue weighted by atomic mass is 16.4. The molecule has 46 heavy (non-hydrogen) atoms. The van der Waals surface area contributed by atoms with Gasteiger partial charge in [-0.05, 0) is 67.8 Å². The molecule has 0 bridgehead atoms. The van der Waals surface area contributed by atoms with Crippen LogP contribution in [0, 0.1) is 11.3 Å². The number of benzene rings is 4. The van der Waals surface area contributed by atoms with E-state index in [0.29, 0.717) is 41.1 Å². The zero-order valence-corrected chi connectivity index (χ0v) is 26.2. The van der Waals surface area contributed by atoms with Gasteiger partial charge in [0.1, 0.15) is 11.1 Å². The molecule has 3 aromatic heterocycles. The number of para-hydroxylation sites is 1. The Morgan fingerprint density at radius 2 is 1.67 bits per heavy atom. The summed E-state index contributed by atoms with van der Waals surface area (Å²) < 4.78 is 15.4. The molecule has 8 nitrogen and oxygen atoms in total. The van der Waals surface area contributed by atoms with Gasteiger partial charge in [-0.3, -0.25) is 4.79 Å². The highest BCUT2D eigenvalue weighted by Crippen LogP contribution is 2.46. The number of hydrogen-bond acceptors (Lipinski definition) is 6. The van der Waals surface area contributed by atoms with Crippen molar-refractivity contribution >= 4 is 66.5 Å². The number of fused-ring (bicyclic) bond motifs is 10. The van der Waals surface area contributed by atoms with Crippen LogP contribution in [-0.4, -0.2) is 33.7 Å². The molecule has 7 rings (SSSR count). The van der Waals surface area contributed by atoms with Crippen molar-refractivity contribution in [3.05, 3.63) is 72.3 Å². The summed E-state index contributed by atoms with van der Waals surface area (Å²) in [5, 5.41) is 22.8. The Labute approximate surface area is 266 Å². The van der Waals surface area contributed by atoms with Crippen molar-refractivity contribution in [3.63, 3.8) is 0 Å². The van der Waals surface area contributed by atoms with Crippen molar-refractivity contribution in [1.82, 2.24) is 9.55 Å². The van der Waals surface area contributed by atoms with E-state index in [4.69, 9.17) is 13.8 Å². The lowest BCUT2D eigenvalue weighted by atomic mass is 10.0. The van der Waals surface area contributed by atoms with E-state index in [9.17, 15) is 15.2 Å². The minimum Gasteiger partial charge on any atom is -0.481 e. The van der Waals surface area contributed by atoms with E-state index in [0.717, 1.165) is 82.5 Å². The highest BCUT2D eigenvalue weighted by molar-refractivity contribution is 6.34. The van der Waals surface area contributed by atoms with Crippen LogP contribution in [0.2, 0.25) is 0 Å². The van der Waals surface area contributed by atoms with Gasteiger partial charge in [-0.2, -0.15) is 5.26 Å². The van der Waals surface area contributed by atoms with Crippen molar-refractivity contribution in [1.29, 1.82) is 5.26 Å². The van der Waals surface area contributed by atoms with Crippen LogP contribution in [0.15, 0.2) is 75.6 Å². The van der Waals surface area contributed by atoms with Crippen LogP contribution in [-0.2, 0) is 11.3 Å². The maximum atomic E-state index is 11.5. The lowest BCUT2D eigenvalue weighted by Crippen LogP contribution is -2.25. The van der Waals surface area contributed by atoms with Gasteiger partial charge in [0.15, 0.2) is 5.58 Å². The summed E-state index contributed by atoms with van der Waals surface area (Å²) in [6.07, 6.45) is 5.05. The first-order valence-electron chi connectivity index (χ1n) is 16.2. The number of carboxylic acid groups (broad SMARTS) is 1. The fourth-order valence-corrected chi connectivity index (χ4v) is 6.63. The normalized spacial score (nSPS) is 11.8. The summed E-state index contributed by atoms with van der Waals surface area (Å²) in [5.41, 5.74) is 7.04. The number of anilines is 1. The number of aryl methyl sites for hydroxylation is 1. The second-order valence-electron chi connectivity index (χ2n) is 12.0. The molecule has 8 heteroatoms. The Hall–Kier alpha value is -5.29. The van der Waals surface area contributed by atoms with Crippen molar-refractivity contribution in [2.75, 3.05) is 18.0 Å². The highest BCUT2D eigenvalue weighted by Gasteiger charge is 2.26. The van der Waals surface area contributed by atoms with Crippen LogP contribution in [0.25, 0.3) is 66.3 Å². The largest absolute Gasteiger partial charge is 0.481 e. The van der Waals surface area contributed by atoms with Crippen molar-refractivity contribution in [2.24, 2.45) is 0 Å². The maximum absolute atomic E-state index is 11.5. The molecule has 0 aliphatic rings. The lowest BCUT2D eigenvalue weighted by Gasteiger charge is -2.24. The van der Waals surface area contributed by atoms with Crippen LogP contribution < -0.4 is 4.90 Å². The number of unbranched alkanes of at least 4 members (excludes halogenated alkanes) is 2. The van der Waals surface area contributed by atoms with Gasteiger partial charge in [-0.15, -0.1) is 0 Å². The fraction of sp³-hybridized carbons (Fsp3) is 0.289. The Bertz CT molecular complexity index is 2260. The lowest BCUT2D eigenvalue weighted by molar-refractivity contribution is -0.137. The number of nitrogens with zero attached hydrogens (tertiary/aromatic N) is 4. The zero-order chi connectivity index (χ0) is 31.8. The molecule has 0 fully saturated rings. The van der Waals surface area contributed by atoms with E-state index >= 15 is 0 Å². The van der Waals surface area contributed by atoms with Crippen LogP contribution in [0.4, 0.5) is 5.69 Å². The van der Waals surface area contributed by atoms with Crippen LogP contribution in [0.5, 0.6) is 0 Å². The van der Waals surface area contributed by atoms with Crippen molar-refractivity contribution in [2.45, 2.75) is 58.9 Å². The average Bonchev–Trinajstić information content (AvgIpc) is 3.77. The first-order chi connectivity index (χ1) is 22.5. The molecule has 0 spiro atoms. The van der Waals surface area contributed by atoms with Gasteiger partial charge in [-0.25, -0.2) is 4.98 Å². The Balaban J connectivity index is 1.56. The summed E-state index contributed by atoms with van der Waals surface area (Å²) in [4.78, 5) is 19.0. The van der Waals surface area contributed by atoms with E-state index in [1.165, 1.54) is 5.69 Å². The zero-order valence-electron chi connectivity index (χ0n) is 26.2. The number of carbonyl (C=O) groups is 1. The quantitative estimate of drug-likeness (QED) is 0.146. The van der Waals surface area contributed by atoms with E-state index in [1.807, 2.05) is 24.3 Å².